The molecular formula is C21H28N2O5S. The number of benzene rings is 2. The van der Waals surface area contributed by atoms with Crippen LogP contribution in [0.4, 0.5) is 5.69 Å². The number of sulfonamides is 1. The zero-order chi connectivity index (χ0) is 21.6. The van der Waals surface area contributed by atoms with E-state index < -0.39 is 22.0 Å². The Labute approximate surface area is 172 Å². The van der Waals surface area contributed by atoms with Gasteiger partial charge < -0.3 is 14.8 Å². The van der Waals surface area contributed by atoms with Gasteiger partial charge in [0.25, 0.3) is 0 Å². The van der Waals surface area contributed by atoms with E-state index in [1.54, 1.807) is 31.2 Å². The molecule has 2 aromatic rings. The Morgan fingerprint density at radius 1 is 1.03 bits per heavy atom. The van der Waals surface area contributed by atoms with Gasteiger partial charge in [0.2, 0.25) is 15.9 Å². The third-order valence-corrected chi connectivity index (χ3v) is 5.71. The average Bonchev–Trinajstić information content (AvgIpc) is 2.68. The van der Waals surface area contributed by atoms with Crippen molar-refractivity contribution in [3.05, 3.63) is 54.1 Å². The Balaban J connectivity index is 2.17. The first kappa shape index (κ1) is 22.5. The van der Waals surface area contributed by atoms with Crippen LogP contribution in [0.15, 0.2) is 48.5 Å². The number of anilines is 1. The van der Waals surface area contributed by atoms with Crippen molar-refractivity contribution in [2.45, 2.75) is 32.9 Å². The van der Waals surface area contributed by atoms with Gasteiger partial charge in [0.15, 0.2) is 0 Å². The molecule has 0 bridgehead atoms. The molecule has 0 aromatic heterocycles. The van der Waals surface area contributed by atoms with Crippen molar-refractivity contribution in [2.75, 3.05) is 24.3 Å². The third kappa shape index (κ3) is 5.87. The summed E-state index contributed by atoms with van der Waals surface area (Å²) in [6.45, 7) is 5.90. The summed E-state index contributed by atoms with van der Waals surface area (Å²) < 4.78 is 36.4. The Morgan fingerprint density at radius 2 is 1.59 bits per heavy atom. The lowest BCUT2D eigenvalue weighted by Gasteiger charge is -2.29. The van der Waals surface area contributed by atoms with E-state index in [4.69, 9.17) is 9.47 Å². The van der Waals surface area contributed by atoms with Crippen molar-refractivity contribution in [2.24, 2.45) is 0 Å². The van der Waals surface area contributed by atoms with Gasteiger partial charge in [0, 0.05) is 0 Å². The molecule has 0 radical (unpaired) electrons. The van der Waals surface area contributed by atoms with Crippen LogP contribution in [0.25, 0.3) is 0 Å². The molecule has 2 atom stereocenters. The minimum atomic E-state index is -3.68. The molecule has 8 heteroatoms. The second kappa shape index (κ2) is 9.65. The van der Waals surface area contributed by atoms with E-state index in [1.165, 1.54) is 7.11 Å². The molecule has 0 saturated heterocycles. The SMILES string of the molecule is CCOc1ccc([C@H](C)NC(=O)[C@H](C)N(c2ccc(OC)cc2)S(C)(=O)=O)cc1. The van der Waals surface area contributed by atoms with Crippen molar-refractivity contribution in [3.63, 3.8) is 0 Å². The highest BCUT2D eigenvalue weighted by Crippen LogP contribution is 2.24. The summed E-state index contributed by atoms with van der Waals surface area (Å²) in [5.41, 5.74) is 1.29. The predicted octanol–water partition coefficient (Wildman–Crippen LogP) is 3.13. The van der Waals surface area contributed by atoms with Crippen LogP contribution in [0.1, 0.15) is 32.4 Å². The van der Waals surface area contributed by atoms with Crippen LogP contribution >= 0.6 is 0 Å². The first-order valence-corrected chi connectivity index (χ1v) is 11.2. The molecule has 1 amide bonds. The molecule has 0 unspecified atom stereocenters. The molecule has 0 aliphatic rings. The predicted molar refractivity (Wildman–Crippen MR) is 114 cm³/mol. The number of carbonyl (C=O) groups is 1. The Bertz CT molecular complexity index is 911. The molecule has 0 spiro atoms. The van der Waals surface area contributed by atoms with Crippen molar-refractivity contribution in [3.8, 4) is 11.5 Å². The maximum atomic E-state index is 12.8. The number of nitrogens with zero attached hydrogens (tertiary/aromatic N) is 1. The second-order valence-corrected chi connectivity index (χ2v) is 8.52. The van der Waals surface area contributed by atoms with Crippen molar-refractivity contribution >= 4 is 21.6 Å². The zero-order valence-corrected chi connectivity index (χ0v) is 18.2. The minimum absolute atomic E-state index is 0.294. The molecule has 0 fully saturated rings. The smallest absolute Gasteiger partial charge is 0.244 e. The molecule has 0 saturated carbocycles. The van der Waals surface area contributed by atoms with Crippen LogP contribution < -0.4 is 19.1 Å². The van der Waals surface area contributed by atoms with E-state index in [9.17, 15) is 13.2 Å². The fourth-order valence-electron chi connectivity index (χ4n) is 2.97. The quantitative estimate of drug-likeness (QED) is 0.674. The number of amides is 1. The molecule has 0 aliphatic carbocycles. The van der Waals surface area contributed by atoms with E-state index in [0.717, 1.165) is 21.9 Å². The van der Waals surface area contributed by atoms with Crippen LogP contribution in [-0.2, 0) is 14.8 Å². The molecule has 2 aromatic carbocycles. The third-order valence-electron chi connectivity index (χ3n) is 4.47. The Hall–Kier alpha value is -2.74. The van der Waals surface area contributed by atoms with Crippen LogP contribution in [0, 0.1) is 0 Å². The number of ether oxygens (including phenoxy) is 2. The fraction of sp³-hybridized carbons (Fsp3) is 0.381. The largest absolute Gasteiger partial charge is 0.497 e. The van der Waals surface area contributed by atoms with Gasteiger partial charge in [0.1, 0.15) is 17.5 Å². The standard InChI is InChI=1S/C21H28N2O5S/c1-6-28-20-11-7-17(8-12-20)15(2)22-21(24)16(3)23(29(5,25)26)18-9-13-19(27-4)14-10-18/h7-16H,6H2,1-5H3,(H,22,24)/t15-,16-/m0/s1. The lowest BCUT2D eigenvalue weighted by atomic mass is 10.1. The number of nitrogens with one attached hydrogen (secondary N) is 1. The highest BCUT2D eigenvalue weighted by molar-refractivity contribution is 7.92. The van der Waals surface area contributed by atoms with Gasteiger partial charge in [0.05, 0.1) is 31.7 Å². The van der Waals surface area contributed by atoms with Crippen molar-refractivity contribution < 1.29 is 22.7 Å². The second-order valence-electron chi connectivity index (χ2n) is 6.67. The lowest BCUT2D eigenvalue weighted by Crippen LogP contribution is -2.48. The zero-order valence-electron chi connectivity index (χ0n) is 17.4. The highest BCUT2D eigenvalue weighted by Gasteiger charge is 2.29. The number of carbonyl (C=O) groups excluding carboxylic acids is 1. The van der Waals surface area contributed by atoms with Crippen molar-refractivity contribution in [1.82, 2.24) is 5.32 Å². The molecule has 29 heavy (non-hydrogen) atoms. The van der Waals surface area contributed by atoms with Gasteiger partial charge in [-0.2, -0.15) is 0 Å². The molecule has 158 valence electrons. The van der Waals surface area contributed by atoms with Crippen LogP contribution in [0.3, 0.4) is 0 Å². The van der Waals surface area contributed by atoms with Crippen molar-refractivity contribution in [1.29, 1.82) is 0 Å². The molecule has 0 heterocycles. The first-order chi connectivity index (χ1) is 13.7. The Kier molecular flexibility index (Phi) is 7.50. The van der Waals surface area contributed by atoms with E-state index >= 15 is 0 Å². The van der Waals surface area contributed by atoms with Gasteiger partial charge in [-0.25, -0.2) is 8.42 Å². The summed E-state index contributed by atoms with van der Waals surface area (Å²) in [5.74, 6) is 0.960. The van der Waals surface area contributed by atoms with Gasteiger partial charge in [-0.05, 0) is 62.7 Å². The van der Waals surface area contributed by atoms with Gasteiger partial charge in [-0.1, -0.05) is 12.1 Å². The van der Waals surface area contributed by atoms with Gasteiger partial charge >= 0.3 is 0 Å². The highest BCUT2D eigenvalue weighted by atomic mass is 32.2. The van der Waals surface area contributed by atoms with E-state index in [1.807, 2.05) is 38.1 Å². The molecular weight excluding hydrogens is 392 g/mol. The number of hydrogen-bond acceptors (Lipinski definition) is 5. The van der Waals surface area contributed by atoms with Crippen LogP contribution in [-0.4, -0.2) is 40.3 Å². The van der Waals surface area contributed by atoms with E-state index in [-0.39, 0.29) is 6.04 Å². The van der Waals surface area contributed by atoms with E-state index in [2.05, 4.69) is 5.32 Å². The first-order valence-electron chi connectivity index (χ1n) is 9.34. The van der Waals surface area contributed by atoms with Crippen LogP contribution in [0.2, 0.25) is 0 Å². The number of hydrogen-bond donors (Lipinski definition) is 1. The minimum Gasteiger partial charge on any atom is -0.497 e. The molecule has 7 nitrogen and oxygen atoms in total. The summed E-state index contributed by atoms with van der Waals surface area (Å²) in [5, 5.41) is 2.88. The molecule has 0 aliphatic heterocycles. The molecule has 2 rings (SSSR count). The maximum Gasteiger partial charge on any atom is 0.244 e. The lowest BCUT2D eigenvalue weighted by molar-refractivity contribution is -0.122. The summed E-state index contributed by atoms with van der Waals surface area (Å²) in [6, 6.07) is 12.7. The summed E-state index contributed by atoms with van der Waals surface area (Å²) in [6.07, 6.45) is 1.08. The normalized spacial score (nSPS) is 13.3. The summed E-state index contributed by atoms with van der Waals surface area (Å²) in [4.78, 5) is 12.8. The maximum absolute atomic E-state index is 12.8. The van der Waals surface area contributed by atoms with Gasteiger partial charge in [-0.15, -0.1) is 0 Å². The van der Waals surface area contributed by atoms with E-state index in [0.29, 0.717) is 18.0 Å². The number of rotatable bonds is 9. The topological polar surface area (TPSA) is 84.9 Å². The van der Waals surface area contributed by atoms with Gasteiger partial charge in [-0.3, -0.25) is 9.10 Å². The number of methoxy groups -OCH3 is 1. The average molecular weight is 421 g/mol. The summed E-state index contributed by atoms with van der Waals surface area (Å²) in [7, 11) is -2.15. The Morgan fingerprint density at radius 3 is 2.07 bits per heavy atom. The van der Waals surface area contributed by atoms with Crippen LogP contribution in [0.5, 0.6) is 11.5 Å². The monoisotopic (exact) mass is 420 g/mol. The fourth-order valence-corrected chi connectivity index (χ4v) is 4.15. The summed E-state index contributed by atoms with van der Waals surface area (Å²) >= 11 is 0. The molecule has 1 N–H and O–H groups in total.